The standard InChI is InChI=1S/C10H11N3O2/c1-6-2-8(3-6)13-5-7(4-11)9(14)12-10(13)15/h5-6,8H,2-3H2,1H3,(H,12,14,15). The Morgan fingerprint density at radius 2 is 2.20 bits per heavy atom. The molecule has 0 saturated heterocycles. The molecule has 1 fully saturated rings. The first-order valence-electron chi connectivity index (χ1n) is 4.87. The lowest BCUT2D eigenvalue weighted by molar-refractivity contribution is 0.209. The van der Waals surface area contributed by atoms with Crippen LogP contribution in [0.2, 0.25) is 0 Å². The van der Waals surface area contributed by atoms with Crippen LogP contribution in [-0.2, 0) is 0 Å². The zero-order chi connectivity index (χ0) is 11.0. The van der Waals surface area contributed by atoms with Gasteiger partial charge in [-0.15, -0.1) is 0 Å². The average molecular weight is 205 g/mol. The van der Waals surface area contributed by atoms with Crippen molar-refractivity contribution in [3.63, 3.8) is 0 Å². The fourth-order valence-corrected chi connectivity index (χ4v) is 1.92. The maximum atomic E-state index is 11.4. The third kappa shape index (κ3) is 1.59. The summed E-state index contributed by atoms with van der Waals surface area (Å²) in [5.41, 5.74) is -1.03. The van der Waals surface area contributed by atoms with Crippen LogP contribution in [0.15, 0.2) is 15.8 Å². The quantitative estimate of drug-likeness (QED) is 0.719. The minimum absolute atomic E-state index is 0.00541. The molecular weight excluding hydrogens is 194 g/mol. The van der Waals surface area contributed by atoms with E-state index in [1.165, 1.54) is 10.8 Å². The van der Waals surface area contributed by atoms with Crippen molar-refractivity contribution in [2.75, 3.05) is 0 Å². The van der Waals surface area contributed by atoms with Crippen molar-refractivity contribution in [1.82, 2.24) is 9.55 Å². The predicted molar refractivity (Wildman–Crippen MR) is 53.5 cm³/mol. The Balaban J connectivity index is 2.45. The van der Waals surface area contributed by atoms with Crippen LogP contribution >= 0.6 is 0 Å². The molecule has 0 aliphatic heterocycles. The van der Waals surface area contributed by atoms with Crippen LogP contribution in [-0.4, -0.2) is 9.55 Å². The van der Waals surface area contributed by atoms with E-state index in [2.05, 4.69) is 11.9 Å². The molecule has 1 N–H and O–H groups in total. The van der Waals surface area contributed by atoms with Gasteiger partial charge in [-0.2, -0.15) is 5.26 Å². The molecule has 78 valence electrons. The first-order chi connectivity index (χ1) is 7.11. The number of aromatic amines is 1. The van der Waals surface area contributed by atoms with Gasteiger partial charge in [0.15, 0.2) is 0 Å². The van der Waals surface area contributed by atoms with Gasteiger partial charge in [0.25, 0.3) is 5.56 Å². The molecule has 0 radical (unpaired) electrons. The molecule has 0 atom stereocenters. The average Bonchev–Trinajstić information content (AvgIpc) is 2.14. The molecule has 1 aromatic heterocycles. The minimum atomic E-state index is -0.605. The number of rotatable bonds is 1. The molecule has 1 aromatic rings. The third-order valence-corrected chi connectivity index (χ3v) is 2.83. The Hall–Kier alpha value is -1.83. The van der Waals surface area contributed by atoms with Crippen LogP contribution in [0.25, 0.3) is 0 Å². The van der Waals surface area contributed by atoms with E-state index < -0.39 is 11.2 Å². The van der Waals surface area contributed by atoms with E-state index in [1.54, 1.807) is 6.07 Å². The number of nitrogens with one attached hydrogen (secondary N) is 1. The zero-order valence-corrected chi connectivity index (χ0v) is 8.36. The first kappa shape index (κ1) is 9.71. The van der Waals surface area contributed by atoms with Crippen molar-refractivity contribution in [2.24, 2.45) is 5.92 Å². The Bertz CT molecular complexity index is 529. The van der Waals surface area contributed by atoms with Crippen LogP contribution in [0, 0.1) is 17.2 Å². The Morgan fingerprint density at radius 3 is 2.73 bits per heavy atom. The van der Waals surface area contributed by atoms with E-state index in [9.17, 15) is 9.59 Å². The monoisotopic (exact) mass is 205 g/mol. The molecule has 15 heavy (non-hydrogen) atoms. The van der Waals surface area contributed by atoms with Gasteiger partial charge in [-0.1, -0.05) is 6.92 Å². The van der Waals surface area contributed by atoms with Crippen LogP contribution < -0.4 is 11.2 Å². The number of nitrogens with zero attached hydrogens (tertiary/aromatic N) is 2. The SMILES string of the molecule is CC1CC(n2cc(C#N)c(=O)[nH]c2=O)C1. The maximum Gasteiger partial charge on any atom is 0.328 e. The van der Waals surface area contributed by atoms with Gasteiger partial charge in [0.1, 0.15) is 11.6 Å². The van der Waals surface area contributed by atoms with Gasteiger partial charge in [-0.05, 0) is 18.8 Å². The molecule has 1 saturated carbocycles. The molecule has 2 rings (SSSR count). The topological polar surface area (TPSA) is 78.7 Å². The Labute approximate surface area is 86.0 Å². The highest BCUT2D eigenvalue weighted by Gasteiger charge is 2.27. The number of H-pyrrole nitrogens is 1. The highest BCUT2D eigenvalue weighted by molar-refractivity contribution is 5.22. The summed E-state index contributed by atoms with van der Waals surface area (Å²) in [6.45, 7) is 2.11. The Kier molecular flexibility index (Phi) is 2.19. The van der Waals surface area contributed by atoms with Gasteiger partial charge >= 0.3 is 5.69 Å². The summed E-state index contributed by atoms with van der Waals surface area (Å²) < 4.78 is 1.46. The highest BCUT2D eigenvalue weighted by atomic mass is 16.2. The van der Waals surface area contributed by atoms with E-state index >= 15 is 0 Å². The summed E-state index contributed by atoms with van der Waals surface area (Å²) >= 11 is 0. The second-order valence-electron chi connectivity index (χ2n) is 4.05. The highest BCUT2D eigenvalue weighted by Crippen LogP contribution is 2.35. The van der Waals surface area contributed by atoms with Crippen LogP contribution in [0.3, 0.4) is 0 Å². The van der Waals surface area contributed by atoms with Crippen LogP contribution in [0.1, 0.15) is 31.4 Å². The van der Waals surface area contributed by atoms with Gasteiger partial charge in [0.2, 0.25) is 0 Å². The molecule has 1 heterocycles. The number of nitriles is 1. The summed E-state index contributed by atoms with van der Waals surface area (Å²) in [5.74, 6) is 0.611. The van der Waals surface area contributed by atoms with E-state index in [0.717, 1.165) is 12.8 Å². The van der Waals surface area contributed by atoms with E-state index in [-0.39, 0.29) is 11.6 Å². The lowest BCUT2D eigenvalue weighted by Gasteiger charge is -2.33. The summed E-state index contributed by atoms with van der Waals surface area (Å²) in [7, 11) is 0. The van der Waals surface area contributed by atoms with Gasteiger partial charge in [0.05, 0.1) is 0 Å². The second kappa shape index (κ2) is 3.39. The summed E-state index contributed by atoms with van der Waals surface area (Å²) in [5, 5.41) is 8.67. The second-order valence-corrected chi connectivity index (χ2v) is 4.05. The van der Waals surface area contributed by atoms with E-state index in [0.29, 0.717) is 5.92 Å². The normalized spacial score (nSPS) is 24.3. The predicted octanol–water partition coefficient (Wildman–Crippen LogP) is 0.379. The molecule has 0 aromatic carbocycles. The summed E-state index contributed by atoms with van der Waals surface area (Å²) in [4.78, 5) is 24.7. The van der Waals surface area contributed by atoms with Gasteiger partial charge in [-0.3, -0.25) is 14.3 Å². The minimum Gasteiger partial charge on any atom is -0.296 e. The fourth-order valence-electron chi connectivity index (χ4n) is 1.92. The maximum absolute atomic E-state index is 11.4. The van der Waals surface area contributed by atoms with Crippen molar-refractivity contribution in [1.29, 1.82) is 5.26 Å². The molecule has 5 nitrogen and oxygen atoms in total. The molecule has 0 amide bonds. The van der Waals surface area contributed by atoms with Crippen LogP contribution in [0.4, 0.5) is 0 Å². The van der Waals surface area contributed by atoms with Gasteiger partial charge in [0, 0.05) is 12.2 Å². The third-order valence-electron chi connectivity index (χ3n) is 2.83. The fraction of sp³-hybridized carbons (Fsp3) is 0.500. The molecule has 1 aliphatic carbocycles. The lowest BCUT2D eigenvalue weighted by Crippen LogP contribution is -2.37. The summed E-state index contributed by atoms with van der Waals surface area (Å²) in [6.07, 6.45) is 3.21. The zero-order valence-electron chi connectivity index (χ0n) is 8.36. The number of hydrogen-bond donors (Lipinski definition) is 1. The van der Waals surface area contributed by atoms with Crippen LogP contribution in [0.5, 0.6) is 0 Å². The number of hydrogen-bond acceptors (Lipinski definition) is 3. The molecule has 0 unspecified atom stereocenters. The Morgan fingerprint density at radius 1 is 1.53 bits per heavy atom. The molecule has 0 spiro atoms. The van der Waals surface area contributed by atoms with Gasteiger partial charge < -0.3 is 0 Å². The van der Waals surface area contributed by atoms with Crippen molar-refractivity contribution in [3.05, 3.63) is 32.6 Å². The van der Waals surface area contributed by atoms with Gasteiger partial charge in [-0.25, -0.2) is 4.79 Å². The largest absolute Gasteiger partial charge is 0.328 e. The van der Waals surface area contributed by atoms with Crippen molar-refractivity contribution >= 4 is 0 Å². The molecule has 5 heteroatoms. The first-order valence-corrected chi connectivity index (χ1v) is 4.87. The van der Waals surface area contributed by atoms with Crippen molar-refractivity contribution in [2.45, 2.75) is 25.8 Å². The molecule has 0 bridgehead atoms. The molecule has 1 aliphatic rings. The molecular formula is C10H11N3O2. The van der Waals surface area contributed by atoms with Crippen molar-refractivity contribution in [3.8, 4) is 6.07 Å². The summed E-state index contributed by atoms with van der Waals surface area (Å²) in [6, 6.07) is 1.91. The van der Waals surface area contributed by atoms with E-state index in [4.69, 9.17) is 5.26 Å². The smallest absolute Gasteiger partial charge is 0.296 e. The lowest BCUT2D eigenvalue weighted by atomic mass is 9.82. The van der Waals surface area contributed by atoms with Crippen molar-refractivity contribution < 1.29 is 0 Å². The van der Waals surface area contributed by atoms with E-state index in [1.807, 2.05) is 0 Å². The number of aromatic nitrogens is 2.